The van der Waals surface area contributed by atoms with E-state index >= 15 is 0 Å². The number of amides is 1. The van der Waals surface area contributed by atoms with Crippen molar-refractivity contribution >= 4 is 32.6 Å². The Bertz CT molecular complexity index is 768. The van der Waals surface area contributed by atoms with Gasteiger partial charge in [-0.05, 0) is 18.6 Å². The van der Waals surface area contributed by atoms with Gasteiger partial charge >= 0.3 is 6.18 Å². The molecule has 4 rings (SSSR count). The van der Waals surface area contributed by atoms with E-state index in [-0.39, 0.29) is 6.54 Å². The number of carbonyl (C=O) groups is 1. The molecule has 1 aromatic carbocycles. The molecule has 1 aromatic heterocycles. The first-order valence-corrected chi connectivity index (χ1v) is 9.42. The maximum atomic E-state index is 12.6. The molecule has 0 spiro atoms. The molecule has 3 heterocycles. The Balaban J connectivity index is 1.37. The van der Waals surface area contributed by atoms with Crippen molar-refractivity contribution in [3.05, 3.63) is 24.3 Å². The first kappa shape index (κ1) is 17.5. The second kappa shape index (κ2) is 6.70. The van der Waals surface area contributed by atoms with E-state index in [1.165, 1.54) is 0 Å². The molecule has 2 saturated heterocycles. The molecule has 2 aromatic rings. The predicted molar refractivity (Wildman–Crippen MR) is 94.4 cm³/mol. The van der Waals surface area contributed by atoms with E-state index < -0.39 is 24.7 Å². The van der Waals surface area contributed by atoms with Gasteiger partial charge in [-0.15, -0.1) is 0 Å². The van der Waals surface area contributed by atoms with Crippen molar-refractivity contribution in [2.75, 3.05) is 44.2 Å². The largest absolute Gasteiger partial charge is 0.406 e. The number of nitrogens with zero attached hydrogens (tertiary/aromatic N) is 4. The van der Waals surface area contributed by atoms with Crippen molar-refractivity contribution in [1.29, 1.82) is 0 Å². The number of fused-ring (bicyclic) bond motifs is 1. The monoisotopic (exact) mass is 384 g/mol. The third kappa shape index (κ3) is 3.50. The number of halogens is 3. The predicted octanol–water partition coefficient (Wildman–Crippen LogP) is 2.58. The van der Waals surface area contributed by atoms with Crippen LogP contribution in [-0.2, 0) is 4.79 Å². The van der Waals surface area contributed by atoms with Crippen LogP contribution in [0.25, 0.3) is 10.2 Å². The Labute approximate surface area is 153 Å². The Morgan fingerprint density at radius 1 is 1.12 bits per heavy atom. The lowest BCUT2D eigenvalue weighted by molar-refractivity contribution is -0.159. The number of rotatable bonds is 3. The highest BCUT2D eigenvalue weighted by molar-refractivity contribution is 7.22. The van der Waals surface area contributed by atoms with E-state index in [0.717, 1.165) is 33.3 Å². The molecule has 2 fully saturated rings. The molecule has 26 heavy (non-hydrogen) atoms. The summed E-state index contributed by atoms with van der Waals surface area (Å²) in [5.41, 5.74) is 0.976. The normalized spacial score (nSPS) is 22.6. The quantitative estimate of drug-likeness (QED) is 0.816. The summed E-state index contributed by atoms with van der Waals surface area (Å²) in [5.74, 6) is -0.393. The van der Waals surface area contributed by atoms with Gasteiger partial charge < -0.3 is 9.80 Å². The second-order valence-electron chi connectivity index (χ2n) is 6.67. The van der Waals surface area contributed by atoms with Crippen LogP contribution in [0.1, 0.15) is 6.42 Å². The zero-order valence-electron chi connectivity index (χ0n) is 14.1. The van der Waals surface area contributed by atoms with Gasteiger partial charge in [0.1, 0.15) is 6.54 Å². The number of benzene rings is 1. The SMILES string of the molecule is O=C1C(N2CCN(c3nc4ccccc4s3)CC2)CCN1CC(F)(F)F. The molecule has 9 heteroatoms. The smallest absolute Gasteiger partial charge is 0.345 e. The van der Waals surface area contributed by atoms with Crippen LogP contribution in [0, 0.1) is 0 Å². The number of anilines is 1. The Morgan fingerprint density at radius 3 is 2.54 bits per heavy atom. The number of hydrogen-bond acceptors (Lipinski definition) is 5. The minimum atomic E-state index is -4.34. The first-order valence-electron chi connectivity index (χ1n) is 8.61. The van der Waals surface area contributed by atoms with Crippen molar-refractivity contribution in [3.63, 3.8) is 0 Å². The van der Waals surface area contributed by atoms with Gasteiger partial charge in [-0.2, -0.15) is 13.2 Å². The summed E-state index contributed by atoms with van der Waals surface area (Å²) in [7, 11) is 0. The van der Waals surface area contributed by atoms with Gasteiger partial charge in [-0.3, -0.25) is 9.69 Å². The minimum absolute atomic E-state index is 0.182. The van der Waals surface area contributed by atoms with E-state index in [1.807, 2.05) is 29.2 Å². The first-order chi connectivity index (χ1) is 12.4. The van der Waals surface area contributed by atoms with Crippen LogP contribution >= 0.6 is 11.3 Å². The molecule has 2 aliphatic rings. The number of alkyl halides is 3. The Kier molecular flexibility index (Phi) is 4.52. The molecule has 0 saturated carbocycles. The zero-order chi connectivity index (χ0) is 18.3. The van der Waals surface area contributed by atoms with Crippen LogP contribution in [-0.4, -0.2) is 72.2 Å². The molecular weight excluding hydrogens is 365 g/mol. The van der Waals surface area contributed by atoms with Gasteiger partial charge in [0.15, 0.2) is 5.13 Å². The number of thiazole rings is 1. The lowest BCUT2D eigenvalue weighted by Gasteiger charge is -2.37. The van der Waals surface area contributed by atoms with Crippen molar-refractivity contribution < 1.29 is 18.0 Å². The summed E-state index contributed by atoms with van der Waals surface area (Å²) in [5, 5.41) is 0.960. The van der Waals surface area contributed by atoms with Gasteiger partial charge in [0.05, 0.1) is 16.3 Å². The summed E-state index contributed by atoms with van der Waals surface area (Å²) in [6.07, 6.45) is -3.87. The number of piperazine rings is 1. The van der Waals surface area contributed by atoms with Gasteiger partial charge in [0.25, 0.3) is 0 Å². The topological polar surface area (TPSA) is 39.7 Å². The van der Waals surface area contributed by atoms with E-state index in [4.69, 9.17) is 0 Å². The summed E-state index contributed by atoms with van der Waals surface area (Å²) < 4.78 is 38.8. The van der Waals surface area contributed by atoms with Crippen molar-refractivity contribution in [3.8, 4) is 0 Å². The number of carbonyl (C=O) groups excluding carboxylic acids is 1. The second-order valence-corrected chi connectivity index (χ2v) is 7.68. The maximum absolute atomic E-state index is 12.6. The molecule has 2 aliphatic heterocycles. The molecular formula is C17H19F3N4OS. The fraction of sp³-hybridized carbons (Fsp3) is 0.529. The van der Waals surface area contributed by atoms with Gasteiger partial charge in [-0.1, -0.05) is 23.5 Å². The maximum Gasteiger partial charge on any atom is 0.406 e. The summed E-state index contributed by atoms with van der Waals surface area (Å²) in [6.45, 7) is 1.80. The highest BCUT2D eigenvalue weighted by Crippen LogP contribution is 2.30. The number of likely N-dealkylation sites (tertiary alicyclic amines) is 1. The average molecular weight is 384 g/mol. The number of para-hydroxylation sites is 1. The lowest BCUT2D eigenvalue weighted by Crippen LogP contribution is -2.53. The van der Waals surface area contributed by atoms with E-state index in [9.17, 15) is 18.0 Å². The van der Waals surface area contributed by atoms with Crippen molar-refractivity contribution in [1.82, 2.24) is 14.8 Å². The molecule has 1 atom stereocenters. The zero-order valence-corrected chi connectivity index (χ0v) is 14.9. The van der Waals surface area contributed by atoms with Crippen molar-refractivity contribution in [2.45, 2.75) is 18.6 Å². The standard InChI is InChI=1S/C17H19F3N4OS/c18-17(19,20)11-24-6-5-13(15(24)25)22-7-9-23(10-8-22)16-21-12-3-1-2-4-14(12)26-16/h1-4,13H,5-11H2. The minimum Gasteiger partial charge on any atom is -0.345 e. The third-order valence-electron chi connectivity index (χ3n) is 4.95. The van der Waals surface area contributed by atoms with E-state index in [2.05, 4.69) is 9.88 Å². The van der Waals surface area contributed by atoms with Crippen LogP contribution in [0.15, 0.2) is 24.3 Å². The summed E-state index contributed by atoms with van der Waals surface area (Å²) in [4.78, 5) is 22.1. The van der Waals surface area contributed by atoms with E-state index in [0.29, 0.717) is 19.5 Å². The average Bonchev–Trinajstić information content (AvgIpc) is 3.18. The summed E-state index contributed by atoms with van der Waals surface area (Å²) >= 11 is 1.64. The third-order valence-corrected chi connectivity index (χ3v) is 6.04. The van der Waals surface area contributed by atoms with Gasteiger partial charge in [0.2, 0.25) is 5.91 Å². The molecule has 140 valence electrons. The van der Waals surface area contributed by atoms with Crippen LogP contribution in [0.4, 0.5) is 18.3 Å². The molecule has 5 nitrogen and oxygen atoms in total. The Hall–Kier alpha value is -1.87. The van der Waals surface area contributed by atoms with E-state index in [1.54, 1.807) is 11.3 Å². The molecule has 0 bridgehead atoms. The fourth-order valence-corrected chi connectivity index (χ4v) is 4.67. The van der Waals surface area contributed by atoms with Crippen LogP contribution in [0.3, 0.4) is 0 Å². The van der Waals surface area contributed by atoms with Crippen LogP contribution in [0.2, 0.25) is 0 Å². The molecule has 0 aliphatic carbocycles. The number of aromatic nitrogens is 1. The highest BCUT2D eigenvalue weighted by atomic mass is 32.1. The Morgan fingerprint density at radius 2 is 1.85 bits per heavy atom. The highest BCUT2D eigenvalue weighted by Gasteiger charge is 2.42. The molecule has 1 unspecified atom stereocenters. The van der Waals surface area contributed by atoms with Gasteiger partial charge in [0, 0.05) is 32.7 Å². The summed E-state index contributed by atoms with van der Waals surface area (Å²) in [6, 6.07) is 7.55. The molecule has 0 N–H and O–H groups in total. The molecule has 1 amide bonds. The van der Waals surface area contributed by atoms with Crippen LogP contribution in [0.5, 0.6) is 0 Å². The lowest BCUT2D eigenvalue weighted by atomic mass is 10.2. The van der Waals surface area contributed by atoms with Crippen LogP contribution < -0.4 is 4.90 Å². The fourth-order valence-electron chi connectivity index (χ4n) is 3.65. The molecule has 0 radical (unpaired) electrons. The number of hydrogen-bond donors (Lipinski definition) is 0. The van der Waals surface area contributed by atoms with Gasteiger partial charge in [-0.25, -0.2) is 4.98 Å². The van der Waals surface area contributed by atoms with Crippen molar-refractivity contribution in [2.24, 2.45) is 0 Å².